The Labute approximate surface area is 98.9 Å². The van der Waals surface area contributed by atoms with E-state index >= 15 is 0 Å². The van der Waals surface area contributed by atoms with Crippen molar-refractivity contribution >= 4 is 17.9 Å². The Kier molecular flexibility index (Phi) is 4.74. The minimum absolute atomic E-state index is 0.0176. The topological polar surface area (TPSA) is 108 Å². The molecule has 0 aliphatic carbocycles. The Balaban J connectivity index is 2.17. The van der Waals surface area contributed by atoms with Gasteiger partial charge < -0.3 is 21.1 Å². The van der Waals surface area contributed by atoms with Gasteiger partial charge in [0.05, 0.1) is 6.04 Å². The van der Waals surface area contributed by atoms with Gasteiger partial charge in [-0.2, -0.15) is 0 Å². The van der Waals surface area contributed by atoms with E-state index in [9.17, 15) is 14.4 Å². The number of nitrogens with one attached hydrogen (secondary N) is 3. The smallest absolute Gasteiger partial charge is 0.315 e. The summed E-state index contributed by atoms with van der Waals surface area (Å²) in [6.45, 7) is 2.48. The van der Waals surface area contributed by atoms with Crippen molar-refractivity contribution < 1.29 is 19.5 Å². The van der Waals surface area contributed by atoms with E-state index < -0.39 is 5.97 Å². The minimum Gasteiger partial charge on any atom is -0.481 e. The van der Waals surface area contributed by atoms with E-state index in [1.807, 2.05) is 0 Å². The van der Waals surface area contributed by atoms with Crippen LogP contribution in [0.2, 0.25) is 0 Å². The second-order valence-electron chi connectivity index (χ2n) is 4.26. The fourth-order valence-corrected chi connectivity index (χ4v) is 1.58. The molecule has 7 heteroatoms. The molecule has 0 aromatic heterocycles. The Morgan fingerprint density at radius 1 is 1.59 bits per heavy atom. The summed E-state index contributed by atoms with van der Waals surface area (Å²) in [5, 5.41) is 16.4. The van der Waals surface area contributed by atoms with Crippen LogP contribution in [0.3, 0.4) is 0 Å². The Morgan fingerprint density at radius 2 is 2.29 bits per heavy atom. The van der Waals surface area contributed by atoms with E-state index in [-0.39, 0.29) is 36.7 Å². The van der Waals surface area contributed by atoms with E-state index in [0.717, 1.165) is 0 Å². The van der Waals surface area contributed by atoms with Crippen molar-refractivity contribution in [3.8, 4) is 0 Å². The fourth-order valence-electron chi connectivity index (χ4n) is 1.58. The van der Waals surface area contributed by atoms with Crippen molar-refractivity contribution in [3.63, 3.8) is 0 Å². The highest BCUT2D eigenvalue weighted by molar-refractivity contribution is 5.81. The predicted molar refractivity (Wildman–Crippen MR) is 59.4 cm³/mol. The first-order valence-corrected chi connectivity index (χ1v) is 5.50. The number of amides is 3. The maximum atomic E-state index is 11.4. The van der Waals surface area contributed by atoms with E-state index in [4.69, 9.17) is 5.11 Å². The molecule has 0 spiro atoms. The van der Waals surface area contributed by atoms with Crippen molar-refractivity contribution in [1.29, 1.82) is 0 Å². The lowest BCUT2D eigenvalue weighted by Crippen LogP contribution is -2.44. The second-order valence-corrected chi connectivity index (χ2v) is 4.26. The van der Waals surface area contributed by atoms with Crippen LogP contribution in [-0.2, 0) is 9.59 Å². The van der Waals surface area contributed by atoms with Gasteiger partial charge in [0, 0.05) is 25.9 Å². The van der Waals surface area contributed by atoms with Crippen molar-refractivity contribution in [3.05, 3.63) is 0 Å². The lowest BCUT2D eigenvalue weighted by atomic mass is 10.1. The normalized spacial score (nSPS) is 20.5. The van der Waals surface area contributed by atoms with Gasteiger partial charge in [0.2, 0.25) is 5.91 Å². The molecule has 1 aliphatic heterocycles. The Bertz CT molecular complexity index is 319. The summed E-state index contributed by atoms with van der Waals surface area (Å²) in [6, 6.07) is -0.555. The van der Waals surface area contributed by atoms with Crippen molar-refractivity contribution in [2.24, 2.45) is 5.92 Å². The van der Waals surface area contributed by atoms with Crippen LogP contribution in [0.15, 0.2) is 0 Å². The molecule has 4 N–H and O–H groups in total. The molecule has 1 rings (SSSR count). The molecule has 0 aromatic carbocycles. The molecule has 1 heterocycles. The Morgan fingerprint density at radius 3 is 2.82 bits per heavy atom. The zero-order chi connectivity index (χ0) is 12.8. The molecule has 96 valence electrons. The number of urea groups is 1. The highest BCUT2D eigenvalue weighted by Crippen LogP contribution is 2.00. The van der Waals surface area contributed by atoms with E-state index in [1.165, 1.54) is 0 Å². The lowest BCUT2D eigenvalue weighted by molar-refractivity contribution is -0.137. The summed E-state index contributed by atoms with van der Waals surface area (Å²) in [5.74, 6) is -1.08. The van der Waals surface area contributed by atoms with Crippen molar-refractivity contribution in [2.45, 2.75) is 25.8 Å². The standard InChI is InChI=1S/C10H17N3O4/c1-6(2-9(15)16)4-12-10(17)13-7-3-8(14)11-5-7/h6-7H,2-5H2,1H3,(H,11,14)(H,15,16)(H2,12,13,17). The number of carboxylic acid groups (broad SMARTS) is 1. The molecule has 1 fully saturated rings. The molecule has 7 nitrogen and oxygen atoms in total. The molecule has 0 bridgehead atoms. The van der Waals surface area contributed by atoms with Gasteiger partial charge in [-0.3, -0.25) is 9.59 Å². The van der Waals surface area contributed by atoms with Gasteiger partial charge in [0.15, 0.2) is 0 Å². The summed E-state index contributed by atoms with van der Waals surface area (Å²) >= 11 is 0. The Hall–Kier alpha value is -1.79. The number of carbonyl (C=O) groups excluding carboxylic acids is 2. The van der Waals surface area contributed by atoms with Gasteiger partial charge in [-0.15, -0.1) is 0 Å². The molecule has 0 aromatic rings. The van der Waals surface area contributed by atoms with Crippen molar-refractivity contribution in [2.75, 3.05) is 13.1 Å². The number of rotatable bonds is 5. The van der Waals surface area contributed by atoms with E-state index in [2.05, 4.69) is 16.0 Å². The van der Waals surface area contributed by atoms with Gasteiger partial charge in [-0.1, -0.05) is 6.92 Å². The van der Waals surface area contributed by atoms with E-state index in [1.54, 1.807) is 6.92 Å². The monoisotopic (exact) mass is 243 g/mol. The molecular weight excluding hydrogens is 226 g/mol. The third kappa shape index (κ3) is 5.19. The summed E-state index contributed by atoms with van der Waals surface area (Å²) in [5.41, 5.74) is 0. The average molecular weight is 243 g/mol. The summed E-state index contributed by atoms with van der Waals surface area (Å²) < 4.78 is 0. The summed E-state index contributed by atoms with van der Waals surface area (Å²) in [7, 11) is 0. The number of hydrogen-bond donors (Lipinski definition) is 4. The van der Waals surface area contributed by atoms with Crippen LogP contribution in [0.25, 0.3) is 0 Å². The third-order valence-corrected chi connectivity index (χ3v) is 2.45. The van der Waals surface area contributed by atoms with Gasteiger partial charge in [-0.05, 0) is 5.92 Å². The molecule has 17 heavy (non-hydrogen) atoms. The third-order valence-electron chi connectivity index (χ3n) is 2.45. The van der Waals surface area contributed by atoms with Crippen LogP contribution in [0.4, 0.5) is 4.79 Å². The fraction of sp³-hybridized carbons (Fsp3) is 0.700. The van der Waals surface area contributed by atoms with Gasteiger partial charge in [0.1, 0.15) is 0 Å². The maximum absolute atomic E-state index is 11.4. The van der Waals surface area contributed by atoms with Crippen LogP contribution in [0, 0.1) is 5.92 Å². The largest absolute Gasteiger partial charge is 0.481 e. The number of carbonyl (C=O) groups is 3. The molecule has 0 radical (unpaired) electrons. The first kappa shape index (κ1) is 13.3. The predicted octanol–water partition coefficient (Wildman–Crippen LogP) is -0.715. The molecule has 2 atom stereocenters. The molecular formula is C10H17N3O4. The molecule has 1 aliphatic rings. The van der Waals surface area contributed by atoms with Crippen LogP contribution in [-0.4, -0.2) is 42.1 Å². The first-order valence-electron chi connectivity index (χ1n) is 5.50. The van der Waals surface area contributed by atoms with Crippen molar-refractivity contribution in [1.82, 2.24) is 16.0 Å². The van der Waals surface area contributed by atoms with Gasteiger partial charge >= 0.3 is 12.0 Å². The highest BCUT2D eigenvalue weighted by Gasteiger charge is 2.22. The number of hydrogen-bond acceptors (Lipinski definition) is 3. The molecule has 2 unspecified atom stereocenters. The SMILES string of the molecule is CC(CNC(=O)NC1CNC(=O)C1)CC(=O)O. The van der Waals surface area contributed by atoms with E-state index in [0.29, 0.717) is 13.1 Å². The van der Waals surface area contributed by atoms with Crippen LogP contribution in [0.1, 0.15) is 19.8 Å². The molecule has 3 amide bonds. The van der Waals surface area contributed by atoms with Gasteiger partial charge in [0.25, 0.3) is 0 Å². The lowest BCUT2D eigenvalue weighted by Gasteiger charge is -2.14. The maximum Gasteiger partial charge on any atom is 0.315 e. The number of carboxylic acids is 1. The zero-order valence-corrected chi connectivity index (χ0v) is 9.66. The van der Waals surface area contributed by atoms with Crippen LogP contribution < -0.4 is 16.0 Å². The quantitative estimate of drug-likeness (QED) is 0.511. The molecule has 0 saturated carbocycles. The minimum atomic E-state index is -0.884. The first-order chi connectivity index (χ1) is 7.97. The average Bonchev–Trinajstić information content (AvgIpc) is 2.60. The van der Waals surface area contributed by atoms with Gasteiger partial charge in [-0.25, -0.2) is 4.79 Å². The zero-order valence-electron chi connectivity index (χ0n) is 9.66. The van der Waals surface area contributed by atoms with Crippen LogP contribution >= 0.6 is 0 Å². The number of aliphatic carboxylic acids is 1. The highest BCUT2D eigenvalue weighted by atomic mass is 16.4. The van der Waals surface area contributed by atoms with Crippen LogP contribution in [0.5, 0.6) is 0 Å². The summed E-state index contributed by atoms with van der Waals surface area (Å²) in [4.78, 5) is 32.7. The summed E-state index contributed by atoms with van der Waals surface area (Å²) in [6.07, 6.45) is 0.307. The molecule has 1 saturated heterocycles. The second kappa shape index (κ2) is 6.07.